The molecule has 98 valence electrons. The van der Waals surface area contributed by atoms with E-state index in [1.54, 1.807) is 11.8 Å². The first-order valence-electron chi connectivity index (χ1n) is 6.22. The number of nitrogens with two attached hydrogens (primary N) is 1. The number of thioether (sulfide) groups is 1. The van der Waals surface area contributed by atoms with Gasteiger partial charge in [-0.05, 0) is 31.0 Å². The lowest BCUT2D eigenvalue weighted by Crippen LogP contribution is -2.01. The van der Waals surface area contributed by atoms with Crippen molar-refractivity contribution < 1.29 is 0 Å². The van der Waals surface area contributed by atoms with Crippen LogP contribution < -0.4 is 5.73 Å². The lowest BCUT2D eigenvalue weighted by molar-refractivity contribution is 0.937. The summed E-state index contributed by atoms with van der Waals surface area (Å²) >= 11 is 7.63. The van der Waals surface area contributed by atoms with Crippen molar-refractivity contribution in [3.8, 4) is 0 Å². The predicted molar refractivity (Wildman–Crippen MR) is 79.4 cm³/mol. The lowest BCUT2D eigenvalue weighted by Gasteiger charge is -2.05. The fraction of sp³-hybridized carbons (Fsp3) is 0.286. The molecule has 1 heterocycles. The summed E-state index contributed by atoms with van der Waals surface area (Å²) in [5.41, 5.74) is 6.93. The molecule has 2 aromatic rings. The van der Waals surface area contributed by atoms with E-state index in [2.05, 4.69) is 9.97 Å². The molecule has 5 heteroatoms. The SMILES string of the molecule is Nc1cc(C2CC2)nc(CSc2cccc(Cl)c2)n1. The summed E-state index contributed by atoms with van der Waals surface area (Å²) in [5.74, 6) is 2.68. The van der Waals surface area contributed by atoms with Crippen LogP contribution in [0.1, 0.15) is 30.3 Å². The molecule has 2 N–H and O–H groups in total. The number of nitrogen functional groups attached to an aromatic ring is 1. The van der Waals surface area contributed by atoms with Crippen molar-refractivity contribution in [1.82, 2.24) is 9.97 Å². The standard InChI is InChI=1S/C14H14ClN3S/c15-10-2-1-3-11(6-10)19-8-14-17-12(9-4-5-9)7-13(16)18-14/h1-3,6-7,9H,4-5,8H2,(H2,16,17,18). The molecule has 0 spiro atoms. The summed E-state index contributed by atoms with van der Waals surface area (Å²) in [4.78, 5) is 10.00. The zero-order chi connectivity index (χ0) is 13.2. The third kappa shape index (κ3) is 3.39. The minimum Gasteiger partial charge on any atom is -0.384 e. The summed E-state index contributed by atoms with van der Waals surface area (Å²) in [6, 6.07) is 9.69. The van der Waals surface area contributed by atoms with Gasteiger partial charge in [-0.2, -0.15) is 0 Å². The molecule has 0 aliphatic heterocycles. The first kappa shape index (κ1) is 12.8. The zero-order valence-electron chi connectivity index (χ0n) is 10.3. The first-order chi connectivity index (χ1) is 9.20. The number of hydrogen-bond donors (Lipinski definition) is 1. The molecule has 1 saturated carbocycles. The van der Waals surface area contributed by atoms with E-state index in [0.717, 1.165) is 21.4 Å². The number of anilines is 1. The van der Waals surface area contributed by atoms with Gasteiger partial charge < -0.3 is 5.73 Å². The van der Waals surface area contributed by atoms with Gasteiger partial charge in [-0.25, -0.2) is 9.97 Å². The Balaban J connectivity index is 1.72. The second-order valence-corrected chi connectivity index (χ2v) is 6.14. The van der Waals surface area contributed by atoms with Gasteiger partial charge in [0.05, 0.1) is 5.75 Å². The quantitative estimate of drug-likeness (QED) is 0.869. The van der Waals surface area contributed by atoms with Crippen LogP contribution in [0.3, 0.4) is 0 Å². The van der Waals surface area contributed by atoms with Crippen molar-refractivity contribution in [3.05, 3.63) is 46.9 Å². The zero-order valence-corrected chi connectivity index (χ0v) is 11.9. The van der Waals surface area contributed by atoms with E-state index in [9.17, 15) is 0 Å². The van der Waals surface area contributed by atoms with Gasteiger partial charge in [0.25, 0.3) is 0 Å². The smallest absolute Gasteiger partial charge is 0.141 e. The summed E-state index contributed by atoms with van der Waals surface area (Å²) in [6.07, 6.45) is 2.44. The normalized spacial score (nSPS) is 14.6. The molecule has 1 fully saturated rings. The van der Waals surface area contributed by atoms with Crippen molar-refractivity contribution in [2.24, 2.45) is 0 Å². The van der Waals surface area contributed by atoms with Crippen molar-refractivity contribution in [2.45, 2.75) is 29.4 Å². The summed E-state index contributed by atoms with van der Waals surface area (Å²) in [5, 5.41) is 0.747. The molecular formula is C14H14ClN3S. The number of halogens is 1. The average molecular weight is 292 g/mol. The maximum absolute atomic E-state index is 5.96. The van der Waals surface area contributed by atoms with E-state index in [0.29, 0.717) is 17.5 Å². The molecule has 1 aliphatic carbocycles. The predicted octanol–water partition coefficient (Wildman–Crippen LogP) is 3.88. The Morgan fingerprint density at radius 3 is 2.84 bits per heavy atom. The number of nitrogens with zero attached hydrogens (tertiary/aromatic N) is 2. The van der Waals surface area contributed by atoms with Gasteiger partial charge in [-0.3, -0.25) is 0 Å². The van der Waals surface area contributed by atoms with Crippen molar-refractivity contribution in [2.75, 3.05) is 5.73 Å². The second kappa shape index (κ2) is 5.39. The summed E-state index contributed by atoms with van der Waals surface area (Å²) in [7, 11) is 0. The van der Waals surface area contributed by atoms with Crippen molar-refractivity contribution >= 4 is 29.2 Å². The minimum absolute atomic E-state index is 0.568. The van der Waals surface area contributed by atoms with Crippen LogP contribution in [0.2, 0.25) is 5.02 Å². The molecule has 0 unspecified atom stereocenters. The fourth-order valence-corrected chi connectivity index (χ4v) is 2.96. The average Bonchev–Trinajstić information content (AvgIpc) is 3.20. The van der Waals surface area contributed by atoms with Crippen LogP contribution >= 0.6 is 23.4 Å². The van der Waals surface area contributed by atoms with Crippen LogP contribution in [0.5, 0.6) is 0 Å². The summed E-state index contributed by atoms with van der Waals surface area (Å²) in [6.45, 7) is 0. The van der Waals surface area contributed by atoms with E-state index in [4.69, 9.17) is 17.3 Å². The molecular weight excluding hydrogens is 278 g/mol. The number of benzene rings is 1. The van der Waals surface area contributed by atoms with E-state index >= 15 is 0 Å². The molecule has 0 amide bonds. The van der Waals surface area contributed by atoms with Gasteiger partial charge in [-0.15, -0.1) is 11.8 Å². The van der Waals surface area contributed by atoms with Crippen LogP contribution in [0.15, 0.2) is 35.2 Å². The van der Waals surface area contributed by atoms with E-state index in [1.165, 1.54) is 12.8 Å². The second-order valence-electron chi connectivity index (χ2n) is 4.65. The number of rotatable bonds is 4. The summed E-state index contributed by atoms with van der Waals surface area (Å²) < 4.78 is 0. The van der Waals surface area contributed by atoms with Gasteiger partial charge in [0, 0.05) is 27.6 Å². The Bertz CT molecular complexity index is 599. The topological polar surface area (TPSA) is 51.8 Å². The highest BCUT2D eigenvalue weighted by molar-refractivity contribution is 7.98. The highest BCUT2D eigenvalue weighted by atomic mass is 35.5. The van der Waals surface area contributed by atoms with Crippen LogP contribution in [0.4, 0.5) is 5.82 Å². The lowest BCUT2D eigenvalue weighted by atomic mass is 10.3. The molecule has 1 aromatic carbocycles. The van der Waals surface area contributed by atoms with Gasteiger partial charge in [0.1, 0.15) is 11.6 Å². The molecule has 1 aliphatic rings. The monoisotopic (exact) mass is 291 g/mol. The van der Waals surface area contributed by atoms with Crippen molar-refractivity contribution in [3.63, 3.8) is 0 Å². The molecule has 3 rings (SSSR count). The Hall–Kier alpha value is -1.26. The van der Waals surface area contributed by atoms with Crippen LogP contribution in [0.25, 0.3) is 0 Å². The number of hydrogen-bond acceptors (Lipinski definition) is 4. The maximum atomic E-state index is 5.96. The molecule has 0 atom stereocenters. The number of aromatic nitrogens is 2. The van der Waals surface area contributed by atoms with Crippen LogP contribution in [-0.2, 0) is 5.75 Å². The van der Waals surface area contributed by atoms with Crippen LogP contribution in [0, 0.1) is 0 Å². The van der Waals surface area contributed by atoms with Gasteiger partial charge in [0.2, 0.25) is 0 Å². The Morgan fingerprint density at radius 2 is 2.11 bits per heavy atom. The van der Waals surface area contributed by atoms with E-state index < -0.39 is 0 Å². The Kier molecular flexibility index (Phi) is 3.62. The molecule has 19 heavy (non-hydrogen) atoms. The molecule has 0 radical (unpaired) electrons. The van der Waals surface area contributed by atoms with Gasteiger partial charge >= 0.3 is 0 Å². The molecule has 3 nitrogen and oxygen atoms in total. The molecule has 0 saturated heterocycles. The van der Waals surface area contributed by atoms with E-state index in [-0.39, 0.29) is 0 Å². The maximum Gasteiger partial charge on any atom is 0.141 e. The van der Waals surface area contributed by atoms with E-state index in [1.807, 2.05) is 30.3 Å². The minimum atomic E-state index is 0.568. The van der Waals surface area contributed by atoms with Gasteiger partial charge in [-0.1, -0.05) is 17.7 Å². The Morgan fingerprint density at radius 1 is 1.26 bits per heavy atom. The van der Waals surface area contributed by atoms with Gasteiger partial charge in [0.15, 0.2) is 0 Å². The highest BCUT2D eigenvalue weighted by Crippen LogP contribution is 2.39. The molecule has 1 aromatic heterocycles. The van der Waals surface area contributed by atoms with Crippen molar-refractivity contribution in [1.29, 1.82) is 0 Å². The molecule has 0 bridgehead atoms. The van der Waals surface area contributed by atoms with Crippen LogP contribution in [-0.4, -0.2) is 9.97 Å². The third-order valence-corrected chi connectivity index (χ3v) is 4.20. The largest absolute Gasteiger partial charge is 0.384 e. The third-order valence-electron chi connectivity index (χ3n) is 2.97. The Labute approximate surface area is 121 Å². The first-order valence-corrected chi connectivity index (χ1v) is 7.59. The fourth-order valence-electron chi connectivity index (χ4n) is 1.90. The highest BCUT2D eigenvalue weighted by Gasteiger charge is 2.25.